The number of hydrogen-bond donors (Lipinski definition) is 1. The smallest absolute Gasteiger partial charge is 0.226 e. The van der Waals surface area contributed by atoms with Crippen LogP contribution in [0, 0.1) is 17.7 Å². The highest BCUT2D eigenvalue weighted by atomic mass is 35.5. The average Bonchev–Trinajstić information content (AvgIpc) is 2.85. The van der Waals surface area contributed by atoms with Gasteiger partial charge in [-0.1, -0.05) is 19.1 Å². The van der Waals surface area contributed by atoms with Gasteiger partial charge in [-0.3, -0.25) is 4.79 Å². The Balaban J connectivity index is 0.00000161. The zero-order valence-electron chi connectivity index (χ0n) is 12.2. The van der Waals surface area contributed by atoms with Gasteiger partial charge in [-0.2, -0.15) is 0 Å². The lowest BCUT2D eigenvalue weighted by atomic mass is 9.87. The van der Waals surface area contributed by atoms with Gasteiger partial charge in [-0.25, -0.2) is 4.39 Å². The van der Waals surface area contributed by atoms with Gasteiger partial charge in [-0.05, 0) is 49.5 Å². The number of carbonyl (C=O) groups excluding carboxylic acids is 1. The van der Waals surface area contributed by atoms with Crippen molar-refractivity contribution in [2.45, 2.75) is 25.8 Å². The van der Waals surface area contributed by atoms with Gasteiger partial charge in [0.25, 0.3) is 0 Å². The third-order valence-corrected chi connectivity index (χ3v) is 4.70. The maximum Gasteiger partial charge on any atom is 0.226 e. The minimum atomic E-state index is -0.224. The Hall–Kier alpha value is -1.13. The molecule has 2 atom stereocenters. The molecule has 0 bridgehead atoms. The molecular formula is C16H22ClFN2O. The molecule has 0 saturated carbocycles. The van der Waals surface area contributed by atoms with Crippen molar-refractivity contribution in [1.82, 2.24) is 10.2 Å². The van der Waals surface area contributed by atoms with Crippen LogP contribution in [0.3, 0.4) is 0 Å². The number of rotatable bonds is 3. The fourth-order valence-electron chi connectivity index (χ4n) is 3.19. The summed E-state index contributed by atoms with van der Waals surface area (Å²) in [7, 11) is 0. The van der Waals surface area contributed by atoms with E-state index in [-0.39, 0.29) is 36.1 Å². The third-order valence-electron chi connectivity index (χ3n) is 4.70. The first-order valence-electron chi connectivity index (χ1n) is 7.43. The fourth-order valence-corrected chi connectivity index (χ4v) is 3.19. The Morgan fingerprint density at radius 1 is 1.33 bits per heavy atom. The summed E-state index contributed by atoms with van der Waals surface area (Å²) in [6, 6.07) is 6.70. The molecule has 0 aromatic heterocycles. The summed E-state index contributed by atoms with van der Waals surface area (Å²) in [5.74, 6) is 0.580. The predicted molar refractivity (Wildman–Crippen MR) is 82.9 cm³/mol. The van der Waals surface area contributed by atoms with Crippen LogP contribution in [-0.4, -0.2) is 30.4 Å². The van der Waals surface area contributed by atoms with E-state index in [9.17, 15) is 9.18 Å². The van der Waals surface area contributed by atoms with Crippen molar-refractivity contribution in [2.24, 2.45) is 11.8 Å². The van der Waals surface area contributed by atoms with Crippen LogP contribution in [0.25, 0.3) is 0 Å². The van der Waals surface area contributed by atoms with Crippen LogP contribution in [0.4, 0.5) is 4.39 Å². The first-order valence-corrected chi connectivity index (χ1v) is 7.43. The molecule has 1 aromatic rings. The van der Waals surface area contributed by atoms with E-state index < -0.39 is 0 Å². The molecule has 0 radical (unpaired) electrons. The fraction of sp³-hybridized carbons (Fsp3) is 0.562. The largest absolute Gasteiger partial charge is 0.335 e. The van der Waals surface area contributed by atoms with E-state index >= 15 is 0 Å². The summed E-state index contributed by atoms with van der Waals surface area (Å²) in [5.41, 5.74) is 1.05. The Morgan fingerprint density at radius 2 is 2.00 bits per heavy atom. The van der Waals surface area contributed by atoms with Crippen molar-refractivity contribution >= 4 is 18.3 Å². The van der Waals surface area contributed by atoms with Crippen molar-refractivity contribution < 1.29 is 9.18 Å². The lowest BCUT2D eigenvalue weighted by Crippen LogP contribution is -2.50. The number of hydrogen-bond acceptors (Lipinski definition) is 2. The minimum absolute atomic E-state index is 0. The van der Waals surface area contributed by atoms with Gasteiger partial charge >= 0.3 is 0 Å². The number of carbonyl (C=O) groups is 1. The Labute approximate surface area is 131 Å². The second-order valence-electron chi connectivity index (χ2n) is 5.95. The molecule has 1 amide bonds. The predicted octanol–water partition coefficient (Wildman–Crippen LogP) is 2.77. The molecule has 3 rings (SSSR count). The number of nitrogens with zero attached hydrogens (tertiary/aromatic N) is 1. The molecule has 2 aliphatic rings. The van der Waals surface area contributed by atoms with Crippen molar-refractivity contribution in [3.05, 3.63) is 35.6 Å². The maximum absolute atomic E-state index is 13.0. The summed E-state index contributed by atoms with van der Waals surface area (Å²) in [6.45, 7) is 4.75. The number of nitrogens with one attached hydrogen (secondary N) is 1. The number of halogens is 2. The molecule has 116 valence electrons. The quantitative estimate of drug-likeness (QED) is 0.931. The van der Waals surface area contributed by atoms with E-state index in [1.165, 1.54) is 12.1 Å². The molecule has 2 fully saturated rings. The second kappa shape index (κ2) is 6.75. The zero-order valence-corrected chi connectivity index (χ0v) is 13.0. The van der Waals surface area contributed by atoms with Crippen LogP contribution in [0.2, 0.25) is 0 Å². The summed E-state index contributed by atoms with van der Waals surface area (Å²) < 4.78 is 13.0. The lowest BCUT2D eigenvalue weighted by molar-refractivity contribution is -0.138. The van der Waals surface area contributed by atoms with Gasteiger partial charge in [0.15, 0.2) is 0 Å². The van der Waals surface area contributed by atoms with E-state index in [2.05, 4.69) is 5.32 Å². The van der Waals surface area contributed by atoms with Gasteiger partial charge in [0.2, 0.25) is 5.91 Å². The highest BCUT2D eigenvalue weighted by Crippen LogP contribution is 2.34. The topological polar surface area (TPSA) is 32.3 Å². The molecule has 0 aliphatic carbocycles. The zero-order chi connectivity index (χ0) is 14.1. The third kappa shape index (κ3) is 3.22. The van der Waals surface area contributed by atoms with Crippen molar-refractivity contribution in [2.75, 3.05) is 19.6 Å². The molecule has 5 heteroatoms. The van der Waals surface area contributed by atoms with Crippen molar-refractivity contribution in [3.63, 3.8) is 0 Å². The van der Waals surface area contributed by atoms with E-state index in [4.69, 9.17) is 0 Å². The molecule has 2 heterocycles. The van der Waals surface area contributed by atoms with Gasteiger partial charge in [0.05, 0.1) is 6.04 Å². The highest BCUT2D eigenvalue weighted by molar-refractivity contribution is 5.85. The minimum Gasteiger partial charge on any atom is -0.335 e. The Kier molecular flexibility index (Phi) is 5.22. The van der Waals surface area contributed by atoms with Crippen molar-refractivity contribution in [3.8, 4) is 0 Å². The molecule has 3 nitrogen and oxygen atoms in total. The van der Waals surface area contributed by atoms with Crippen LogP contribution in [0.1, 0.15) is 31.4 Å². The summed E-state index contributed by atoms with van der Waals surface area (Å²) >= 11 is 0. The molecule has 0 spiro atoms. The summed E-state index contributed by atoms with van der Waals surface area (Å²) in [5, 5.41) is 3.22. The van der Waals surface area contributed by atoms with Crippen LogP contribution in [-0.2, 0) is 4.79 Å². The number of benzene rings is 1. The molecular weight excluding hydrogens is 291 g/mol. The first kappa shape index (κ1) is 16.2. The van der Waals surface area contributed by atoms with Gasteiger partial charge in [0.1, 0.15) is 5.82 Å². The molecule has 21 heavy (non-hydrogen) atoms. The SMILES string of the molecule is CC(C(=O)N1CCCC1c1ccc(F)cc1)C1CNC1.Cl. The first-order chi connectivity index (χ1) is 9.66. The Bertz CT molecular complexity index is 490. The van der Waals surface area contributed by atoms with Crippen LogP contribution >= 0.6 is 12.4 Å². The summed E-state index contributed by atoms with van der Waals surface area (Å²) in [4.78, 5) is 14.7. The molecule has 2 aliphatic heterocycles. The Morgan fingerprint density at radius 3 is 2.57 bits per heavy atom. The monoisotopic (exact) mass is 312 g/mol. The van der Waals surface area contributed by atoms with E-state index in [1.54, 1.807) is 12.1 Å². The van der Waals surface area contributed by atoms with Crippen LogP contribution in [0.15, 0.2) is 24.3 Å². The van der Waals surface area contributed by atoms with Crippen LogP contribution < -0.4 is 5.32 Å². The normalized spacial score (nSPS) is 23.3. The van der Waals surface area contributed by atoms with E-state index in [0.717, 1.165) is 38.0 Å². The van der Waals surface area contributed by atoms with E-state index in [0.29, 0.717) is 5.92 Å². The van der Waals surface area contributed by atoms with Crippen molar-refractivity contribution in [1.29, 1.82) is 0 Å². The molecule has 2 saturated heterocycles. The molecule has 1 N–H and O–H groups in total. The van der Waals surface area contributed by atoms with E-state index in [1.807, 2.05) is 11.8 Å². The second-order valence-corrected chi connectivity index (χ2v) is 5.95. The molecule has 2 unspecified atom stereocenters. The number of likely N-dealkylation sites (tertiary alicyclic amines) is 1. The standard InChI is InChI=1S/C16H21FN2O.ClH/c1-11(13-9-18-10-13)16(20)19-8-2-3-15(19)12-4-6-14(17)7-5-12;/h4-7,11,13,15,18H,2-3,8-10H2,1H3;1H. The van der Waals surface area contributed by atoms with Gasteiger partial charge in [-0.15, -0.1) is 12.4 Å². The van der Waals surface area contributed by atoms with Crippen LogP contribution in [0.5, 0.6) is 0 Å². The summed E-state index contributed by atoms with van der Waals surface area (Å²) in [6.07, 6.45) is 2.01. The van der Waals surface area contributed by atoms with Gasteiger partial charge in [0, 0.05) is 12.5 Å². The highest BCUT2D eigenvalue weighted by Gasteiger charge is 2.36. The lowest BCUT2D eigenvalue weighted by Gasteiger charge is -2.35. The molecule has 1 aromatic carbocycles. The maximum atomic E-state index is 13.0. The van der Waals surface area contributed by atoms with Gasteiger partial charge < -0.3 is 10.2 Å². The number of amides is 1. The average molecular weight is 313 g/mol.